The predicted molar refractivity (Wildman–Crippen MR) is 219 cm³/mol. The number of aryl methyl sites for hydroxylation is 5. The lowest BCUT2D eigenvalue weighted by Gasteiger charge is -2.23. The Morgan fingerprint density at radius 3 is 1.33 bits per heavy atom. The molecule has 6 heteroatoms. The van der Waals surface area contributed by atoms with E-state index in [1.165, 1.54) is 6.07 Å². The summed E-state index contributed by atoms with van der Waals surface area (Å²) in [5.74, 6) is 0. The summed E-state index contributed by atoms with van der Waals surface area (Å²) < 4.78 is 46.5. The van der Waals surface area contributed by atoms with Gasteiger partial charge in [-0.15, -0.1) is 0 Å². The maximum absolute atomic E-state index is 14.0. The highest BCUT2D eigenvalue weighted by molar-refractivity contribution is 6.13. The largest absolute Gasteiger partial charge is 0.416 e. The zero-order chi connectivity index (χ0) is 38.3. The average molecular weight is 724 g/mol. The third-order valence-corrected chi connectivity index (χ3v) is 10.9. The SMILES string of the molecule is Cc1ccc2c(c1)c1cc(C)ccc1n2-c1cccc(C#N)c1-c1c(-c2ccc(C(F)(F)F)cc2C)cccc1-n1c2ccc(C)cc2c2cc(C)ccc21. The zero-order valence-corrected chi connectivity index (χ0v) is 31.1. The Morgan fingerprint density at radius 1 is 0.473 bits per heavy atom. The molecule has 0 fully saturated rings. The van der Waals surface area contributed by atoms with Crippen LogP contribution < -0.4 is 0 Å². The van der Waals surface area contributed by atoms with Gasteiger partial charge in [-0.25, -0.2) is 0 Å². The van der Waals surface area contributed by atoms with E-state index in [-0.39, 0.29) is 0 Å². The molecule has 0 saturated heterocycles. The van der Waals surface area contributed by atoms with E-state index < -0.39 is 11.7 Å². The molecule has 0 radical (unpaired) electrons. The number of nitriles is 1. The van der Waals surface area contributed by atoms with Crippen LogP contribution in [0.2, 0.25) is 0 Å². The van der Waals surface area contributed by atoms with E-state index in [0.717, 1.165) is 94.4 Å². The van der Waals surface area contributed by atoms with Crippen LogP contribution in [-0.4, -0.2) is 9.13 Å². The first-order valence-electron chi connectivity index (χ1n) is 18.3. The minimum Gasteiger partial charge on any atom is -0.309 e. The van der Waals surface area contributed by atoms with Crippen molar-refractivity contribution in [2.45, 2.75) is 40.8 Å². The Balaban J connectivity index is 1.48. The van der Waals surface area contributed by atoms with Gasteiger partial charge in [0.05, 0.1) is 50.6 Å². The van der Waals surface area contributed by atoms with E-state index in [2.05, 4.69) is 122 Å². The lowest BCUT2D eigenvalue weighted by atomic mass is 9.87. The molecule has 0 amide bonds. The number of rotatable bonds is 4. The van der Waals surface area contributed by atoms with E-state index in [1.54, 1.807) is 13.0 Å². The fourth-order valence-corrected chi connectivity index (χ4v) is 8.46. The van der Waals surface area contributed by atoms with Crippen molar-refractivity contribution in [1.82, 2.24) is 9.13 Å². The van der Waals surface area contributed by atoms with Crippen molar-refractivity contribution in [2.24, 2.45) is 0 Å². The minimum absolute atomic E-state index is 0.456. The van der Waals surface area contributed by atoms with Gasteiger partial charge in [-0.1, -0.05) is 70.8 Å². The van der Waals surface area contributed by atoms with Gasteiger partial charge in [-0.2, -0.15) is 18.4 Å². The van der Waals surface area contributed by atoms with Crippen LogP contribution in [0.1, 0.15) is 38.9 Å². The molecule has 0 unspecified atom stereocenters. The number of hydrogen-bond donors (Lipinski definition) is 0. The van der Waals surface area contributed by atoms with E-state index in [0.29, 0.717) is 22.3 Å². The summed E-state index contributed by atoms with van der Waals surface area (Å²) in [6, 6.07) is 44.0. The van der Waals surface area contributed by atoms with Crippen LogP contribution in [0.15, 0.2) is 127 Å². The first-order chi connectivity index (χ1) is 26.4. The quantitative estimate of drug-likeness (QED) is 0.178. The van der Waals surface area contributed by atoms with Gasteiger partial charge in [0.2, 0.25) is 0 Å². The van der Waals surface area contributed by atoms with Crippen molar-refractivity contribution >= 4 is 43.6 Å². The predicted octanol–water partition coefficient (Wildman–Crippen LogP) is 13.6. The number of halogens is 3. The van der Waals surface area contributed by atoms with Crippen LogP contribution in [0, 0.1) is 45.9 Å². The summed E-state index contributed by atoms with van der Waals surface area (Å²) in [7, 11) is 0. The Bertz CT molecular complexity index is 2980. The first kappa shape index (κ1) is 34.2. The highest BCUT2D eigenvalue weighted by atomic mass is 19.4. The minimum atomic E-state index is -4.49. The average Bonchev–Trinajstić information content (AvgIpc) is 3.64. The monoisotopic (exact) mass is 723 g/mol. The number of hydrogen-bond acceptors (Lipinski definition) is 1. The van der Waals surface area contributed by atoms with Crippen LogP contribution in [0.5, 0.6) is 0 Å². The molecule has 0 N–H and O–H groups in total. The van der Waals surface area contributed by atoms with Crippen LogP contribution >= 0.6 is 0 Å². The van der Waals surface area contributed by atoms with E-state index in [1.807, 2.05) is 30.3 Å². The normalized spacial score (nSPS) is 12.0. The van der Waals surface area contributed by atoms with Gasteiger partial charge in [0, 0.05) is 32.7 Å². The van der Waals surface area contributed by atoms with Crippen molar-refractivity contribution in [2.75, 3.05) is 0 Å². The molecule has 0 aliphatic rings. The van der Waals surface area contributed by atoms with E-state index >= 15 is 0 Å². The summed E-state index contributed by atoms with van der Waals surface area (Å²) >= 11 is 0. The van der Waals surface area contributed by atoms with Crippen molar-refractivity contribution in [3.63, 3.8) is 0 Å². The summed E-state index contributed by atoms with van der Waals surface area (Å²) in [4.78, 5) is 0. The van der Waals surface area contributed by atoms with Crippen molar-refractivity contribution in [3.05, 3.63) is 166 Å². The van der Waals surface area contributed by atoms with Crippen molar-refractivity contribution in [3.8, 4) is 39.7 Å². The molecular formula is C49H36F3N3. The van der Waals surface area contributed by atoms with Gasteiger partial charge in [-0.05, 0) is 130 Å². The molecule has 7 aromatic carbocycles. The lowest BCUT2D eigenvalue weighted by molar-refractivity contribution is -0.137. The van der Waals surface area contributed by atoms with Crippen molar-refractivity contribution in [1.29, 1.82) is 5.26 Å². The molecular weight excluding hydrogens is 688 g/mol. The summed E-state index contributed by atoms with van der Waals surface area (Å²) in [5.41, 5.74) is 13.2. The highest BCUT2D eigenvalue weighted by Gasteiger charge is 2.31. The van der Waals surface area contributed by atoms with Crippen LogP contribution in [0.25, 0.3) is 77.2 Å². The molecule has 3 nitrogen and oxygen atoms in total. The Morgan fingerprint density at radius 2 is 0.909 bits per heavy atom. The van der Waals surface area contributed by atoms with Gasteiger partial charge in [-0.3, -0.25) is 0 Å². The summed E-state index contributed by atoms with van der Waals surface area (Å²) in [5, 5.41) is 15.4. The maximum atomic E-state index is 14.0. The second kappa shape index (κ2) is 12.5. The molecule has 0 saturated carbocycles. The fraction of sp³-hybridized carbons (Fsp3) is 0.122. The number of benzene rings is 7. The van der Waals surface area contributed by atoms with Gasteiger partial charge >= 0.3 is 6.18 Å². The van der Waals surface area contributed by atoms with Crippen LogP contribution in [0.3, 0.4) is 0 Å². The van der Waals surface area contributed by atoms with Gasteiger partial charge in [0.1, 0.15) is 0 Å². The molecule has 9 rings (SSSR count). The Kier molecular flexibility index (Phi) is 7.77. The molecule has 0 aliphatic heterocycles. The summed E-state index contributed by atoms with van der Waals surface area (Å²) in [6.45, 7) is 10.1. The molecule has 9 aromatic rings. The van der Waals surface area contributed by atoms with Crippen molar-refractivity contribution < 1.29 is 13.2 Å². The molecule has 268 valence electrons. The van der Waals surface area contributed by atoms with Gasteiger partial charge < -0.3 is 9.13 Å². The lowest BCUT2D eigenvalue weighted by Crippen LogP contribution is -2.07. The summed E-state index contributed by atoms with van der Waals surface area (Å²) in [6.07, 6.45) is -4.49. The van der Waals surface area contributed by atoms with Gasteiger partial charge in [0.25, 0.3) is 0 Å². The van der Waals surface area contributed by atoms with Gasteiger partial charge in [0.15, 0.2) is 0 Å². The number of aromatic nitrogens is 2. The zero-order valence-electron chi connectivity index (χ0n) is 31.1. The highest BCUT2D eigenvalue weighted by Crippen LogP contribution is 2.47. The van der Waals surface area contributed by atoms with E-state index in [9.17, 15) is 18.4 Å². The third-order valence-electron chi connectivity index (χ3n) is 10.9. The maximum Gasteiger partial charge on any atom is 0.416 e. The molecule has 0 atom stereocenters. The standard InChI is InChI=1S/C49H36F3N3/c1-28-12-18-41-37(22-28)38-23-29(2)13-19-42(38)54(41)45-10-6-8-33(27-53)47(45)48-36(35-17-16-34(26-32(35)5)49(50,51)52)9-7-11-46(48)55-43-20-14-30(3)24-39(43)40-25-31(4)15-21-44(40)55/h6-26H,1-5H3. The second-order valence-electron chi connectivity index (χ2n) is 14.8. The topological polar surface area (TPSA) is 33.6 Å². The Hall–Kier alpha value is -6.58. The molecule has 0 bridgehead atoms. The third kappa shape index (κ3) is 5.41. The van der Waals surface area contributed by atoms with E-state index in [4.69, 9.17) is 0 Å². The number of fused-ring (bicyclic) bond motifs is 6. The fourth-order valence-electron chi connectivity index (χ4n) is 8.46. The molecule has 0 aliphatic carbocycles. The van der Waals surface area contributed by atoms with Crippen LogP contribution in [-0.2, 0) is 6.18 Å². The molecule has 2 aromatic heterocycles. The molecule has 55 heavy (non-hydrogen) atoms. The Labute approximate surface area is 317 Å². The van der Waals surface area contributed by atoms with Crippen LogP contribution in [0.4, 0.5) is 13.2 Å². The second-order valence-corrected chi connectivity index (χ2v) is 14.8. The molecule has 0 spiro atoms. The molecule has 2 heterocycles. The number of alkyl halides is 3. The first-order valence-corrected chi connectivity index (χ1v) is 18.3. The number of nitrogens with zero attached hydrogens (tertiary/aromatic N) is 3. The smallest absolute Gasteiger partial charge is 0.309 e.